The zero-order valence-electron chi connectivity index (χ0n) is 24.2. The lowest BCUT2D eigenvalue weighted by atomic mass is 9.92. The van der Waals surface area contributed by atoms with Crippen LogP contribution in [-0.2, 0) is 0 Å². The van der Waals surface area contributed by atoms with Crippen LogP contribution in [0, 0.1) is 0 Å². The minimum Gasteiger partial charge on any atom is -0.354 e. The largest absolute Gasteiger partial charge is 0.354 e. The highest BCUT2D eigenvalue weighted by Crippen LogP contribution is 2.41. The van der Waals surface area contributed by atoms with E-state index in [0.29, 0.717) is 0 Å². The highest BCUT2D eigenvalue weighted by Gasteiger charge is 2.41. The number of H-pyrrole nitrogens is 1. The molecule has 2 heteroatoms. The summed E-state index contributed by atoms with van der Waals surface area (Å²) in [6.45, 7) is 0. The molecule has 0 saturated heterocycles. The second kappa shape index (κ2) is 9.80. The van der Waals surface area contributed by atoms with E-state index in [1.54, 1.807) is 0 Å². The fourth-order valence-electron chi connectivity index (χ4n) is 7.68. The van der Waals surface area contributed by atoms with E-state index in [1.807, 2.05) is 0 Å². The van der Waals surface area contributed by atoms with Gasteiger partial charge in [-0.05, 0) is 59.8 Å². The quantitative estimate of drug-likeness (QED) is 0.124. The zero-order chi connectivity index (χ0) is 29.1. The monoisotopic (exact) mass is 575 g/mol. The minimum atomic E-state index is -2.66. The number of hydrogen-bond acceptors (Lipinski definition) is 0. The number of hydrogen-bond donors (Lipinski definition) is 1. The van der Waals surface area contributed by atoms with Gasteiger partial charge >= 0.3 is 0 Å². The van der Waals surface area contributed by atoms with Crippen molar-refractivity contribution < 1.29 is 0 Å². The maximum Gasteiger partial charge on any atom is 0.179 e. The Bertz CT molecular complexity index is 2350. The molecule has 0 amide bonds. The van der Waals surface area contributed by atoms with E-state index in [2.05, 4.69) is 175 Å². The standard InChI is InChI=1S/C42H29NSi/c1-4-14-29(15-5-1)44(30-16-6-2-7-17-30,31-18-8-3-9-19-31)32-24-26-39-38(28-32)42-40(43-39)27-25-37-35-22-11-10-20-33(35)34-21-12-13-23-36(34)41(37)42/h1-28,43H. The Labute approximate surface area is 257 Å². The highest BCUT2D eigenvalue weighted by molar-refractivity contribution is 7.20. The molecule has 1 heterocycles. The summed E-state index contributed by atoms with van der Waals surface area (Å²) >= 11 is 0. The van der Waals surface area contributed by atoms with E-state index < -0.39 is 8.07 Å². The molecule has 9 rings (SSSR count). The molecule has 0 aliphatic carbocycles. The normalized spacial score (nSPS) is 12.1. The molecule has 0 aliphatic rings. The number of benzene rings is 8. The second-order valence-electron chi connectivity index (χ2n) is 11.7. The van der Waals surface area contributed by atoms with E-state index in [1.165, 1.54) is 74.9 Å². The lowest BCUT2D eigenvalue weighted by Crippen LogP contribution is -2.74. The van der Waals surface area contributed by atoms with Crippen molar-refractivity contribution in [3.63, 3.8) is 0 Å². The fraction of sp³-hybridized carbons (Fsp3) is 0. The van der Waals surface area contributed by atoms with Gasteiger partial charge in [-0.25, -0.2) is 0 Å². The van der Waals surface area contributed by atoms with Gasteiger partial charge in [-0.3, -0.25) is 0 Å². The molecule has 0 spiro atoms. The Morgan fingerprint density at radius 3 is 1.27 bits per heavy atom. The average Bonchev–Trinajstić information content (AvgIpc) is 3.48. The topological polar surface area (TPSA) is 15.8 Å². The molecular formula is C42H29NSi. The van der Waals surface area contributed by atoms with E-state index in [9.17, 15) is 0 Å². The molecule has 0 atom stereocenters. The highest BCUT2D eigenvalue weighted by atomic mass is 28.3. The summed E-state index contributed by atoms with van der Waals surface area (Å²) in [5.41, 5.74) is 2.35. The van der Waals surface area contributed by atoms with Gasteiger partial charge in [-0.1, -0.05) is 158 Å². The molecule has 9 aromatic rings. The van der Waals surface area contributed by atoms with Gasteiger partial charge in [0.15, 0.2) is 8.07 Å². The predicted molar refractivity (Wildman–Crippen MR) is 192 cm³/mol. The van der Waals surface area contributed by atoms with Crippen molar-refractivity contribution in [2.75, 3.05) is 0 Å². The first-order valence-electron chi connectivity index (χ1n) is 15.3. The van der Waals surface area contributed by atoms with E-state index in [4.69, 9.17) is 0 Å². The lowest BCUT2D eigenvalue weighted by molar-refractivity contribution is 1.55. The van der Waals surface area contributed by atoms with Crippen molar-refractivity contribution >= 4 is 82.9 Å². The minimum absolute atomic E-state index is 1.17. The van der Waals surface area contributed by atoms with Gasteiger partial charge in [-0.2, -0.15) is 0 Å². The first-order chi connectivity index (χ1) is 21.8. The molecule has 1 nitrogen and oxygen atoms in total. The molecule has 0 unspecified atom stereocenters. The van der Waals surface area contributed by atoms with E-state index >= 15 is 0 Å². The van der Waals surface area contributed by atoms with Crippen LogP contribution < -0.4 is 20.7 Å². The third-order valence-electron chi connectivity index (χ3n) is 9.52. The first-order valence-corrected chi connectivity index (χ1v) is 17.3. The molecule has 1 aromatic heterocycles. The smallest absolute Gasteiger partial charge is 0.179 e. The molecule has 0 fully saturated rings. The van der Waals surface area contributed by atoms with Crippen LogP contribution in [0.1, 0.15) is 0 Å². The Balaban J connectivity index is 1.46. The number of fused-ring (bicyclic) bond motifs is 10. The molecule has 1 N–H and O–H groups in total. The van der Waals surface area contributed by atoms with Gasteiger partial charge in [0.1, 0.15) is 0 Å². The third kappa shape index (κ3) is 3.52. The summed E-state index contributed by atoms with van der Waals surface area (Å²) in [4.78, 5) is 3.80. The Morgan fingerprint density at radius 1 is 0.295 bits per heavy atom. The van der Waals surface area contributed by atoms with E-state index in [0.717, 1.165) is 0 Å². The predicted octanol–water partition coefficient (Wildman–Crippen LogP) is 8.16. The average molecular weight is 576 g/mol. The summed E-state index contributed by atoms with van der Waals surface area (Å²) in [7, 11) is -2.66. The van der Waals surface area contributed by atoms with Crippen LogP contribution in [0.5, 0.6) is 0 Å². The number of aromatic nitrogens is 1. The summed E-state index contributed by atoms with van der Waals surface area (Å²) in [5.74, 6) is 0. The van der Waals surface area contributed by atoms with Crippen LogP contribution in [0.4, 0.5) is 0 Å². The van der Waals surface area contributed by atoms with Crippen LogP contribution in [-0.4, -0.2) is 13.1 Å². The fourth-order valence-corrected chi connectivity index (χ4v) is 12.5. The SMILES string of the molecule is c1ccc([Si](c2ccccc2)(c2ccccc2)c2ccc3[nH]c4ccc5c6ccccc6c6ccccc6c5c4c3c2)cc1. The molecule has 0 aliphatic heterocycles. The number of aromatic amines is 1. The van der Waals surface area contributed by atoms with Crippen molar-refractivity contribution in [3.8, 4) is 0 Å². The van der Waals surface area contributed by atoms with Crippen LogP contribution in [0.25, 0.3) is 54.1 Å². The molecule has 0 radical (unpaired) electrons. The van der Waals surface area contributed by atoms with Gasteiger partial charge in [0.05, 0.1) is 0 Å². The van der Waals surface area contributed by atoms with Gasteiger partial charge in [-0.15, -0.1) is 0 Å². The summed E-state index contributed by atoms with van der Waals surface area (Å²) in [6, 6.07) is 63.1. The molecule has 0 bridgehead atoms. The maximum atomic E-state index is 3.80. The third-order valence-corrected chi connectivity index (χ3v) is 14.3. The van der Waals surface area contributed by atoms with Gasteiger partial charge < -0.3 is 4.98 Å². The molecule has 0 saturated carbocycles. The molecular weight excluding hydrogens is 547 g/mol. The molecule has 206 valence electrons. The van der Waals surface area contributed by atoms with Crippen LogP contribution >= 0.6 is 0 Å². The Hall–Kier alpha value is -5.44. The summed E-state index contributed by atoms with van der Waals surface area (Å²) < 4.78 is 0. The molecule has 8 aromatic carbocycles. The number of nitrogens with one attached hydrogen (secondary N) is 1. The van der Waals surface area contributed by atoms with Gasteiger partial charge in [0.25, 0.3) is 0 Å². The lowest BCUT2D eigenvalue weighted by Gasteiger charge is -2.34. The van der Waals surface area contributed by atoms with Gasteiger partial charge in [0.2, 0.25) is 0 Å². The van der Waals surface area contributed by atoms with Crippen LogP contribution in [0.3, 0.4) is 0 Å². The van der Waals surface area contributed by atoms with Crippen molar-refractivity contribution in [1.29, 1.82) is 0 Å². The zero-order valence-corrected chi connectivity index (χ0v) is 25.2. The van der Waals surface area contributed by atoms with Crippen molar-refractivity contribution in [3.05, 3.63) is 170 Å². The summed E-state index contributed by atoms with van der Waals surface area (Å²) in [6.07, 6.45) is 0. The first kappa shape index (κ1) is 25.1. The number of rotatable bonds is 4. The second-order valence-corrected chi connectivity index (χ2v) is 15.5. The Kier molecular flexibility index (Phi) is 5.59. The summed E-state index contributed by atoms with van der Waals surface area (Å²) in [5, 5.41) is 16.0. The molecule has 44 heavy (non-hydrogen) atoms. The van der Waals surface area contributed by atoms with Crippen LogP contribution in [0.2, 0.25) is 0 Å². The van der Waals surface area contributed by atoms with Crippen LogP contribution in [0.15, 0.2) is 170 Å². The maximum absolute atomic E-state index is 3.80. The van der Waals surface area contributed by atoms with Crippen molar-refractivity contribution in [1.82, 2.24) is 4.98 Å². The van der Waals surface area contributed by atoms with E-state index in [-0.39, 0.29) is 0 Å². The van der Waals surface area contributed by atoms with Crippen molar-refractivity contribution in [2.45, 2.75) is 0 Å². The Morgan fingerprint density at radius 2 is 0.727 bits per heavy atom. The van der Waals surface area contributed by atoms with Gasteiger partial charge in [0, 0.05) is 27.2 Å². The van der Waals surface area contributed by atoms with Crippen molar-refractivity contribution in [2.24, 2.45) is 0 Å².